The van der Waals surface area contributed by atoms with Crippen LogP contribution in [-0.2, 0) is 0 Å². The lowest BCUT2D eigenvalue weighted by molar-refractivity contribution is 0.100. The van der Waals surface area contributed by atoms with Gasteiger partial charge in [0, 0.05) is 5.57 Å². The number of fused-ring (bicyclic) bond motifs is 2. The van der Waals surface area contributed by atoms with Gasteiger partial charge in [-0.05, 0) is 51.8 Å². The first kappa shape index (κ1) is 13.4. The van der Waals surface area contributed by atoms with E-state index < -0.39 is 0 Å². The molecule has 0 aliphatic carbocycles. The van der Waals surface area contributed by atoms with Gasteiger partial charge in [-0.3, -0.25) is 4.79 Å². The maximum absolute atomic E-state index is 12.5. The Balaban J connectivity index is 1.73. The number of para-hydroxylation sites is 1. The smallest absolute Gasteiger partial charge is 0.231 e. The van der Waals surface area contributed by atoms with Crippen molar-refractivity contribution in [3.63, 3.8) is 0 Å². The summed E-state index contributed by atoms with van der Waals surface area (Å²) in [5, 5.41) is 0. The fourth-order valence-corrected chi connectivity index (χ4v) is 3.13. The number of Topliss-reactive ketones (excluding diaryl/α,β-unsaturated/α-hetero) is 1. The van der Waals surface area contributed by atoms with E-state index in [2.05, 4.69) is 15.9 Å². The van der Waals surface area contributed by atoms with E-state index in [1.54, 1.807) is 12.1 Å². The molecule has 2 heterocycles. The summed E-state index contributed by atoms with van der Waals surface area (Å²) in [6.45, 7) is 0.477. The number of ketones is 1. The summed E-state index contributed by atoms with van der Waals surface area (Å²) in [7, 11) is 0. The first-order valence-corrected chi connectivity index (χ1v) is 7.58. The molecule has 0 fully saturated rings. The van der Waals surface area contributed by atoms with E-state index in [9.17, 15) is 4.79 Å². The Morgan fingerprint density at radius 1 is 1.05 bits per heavy atom. The third kappa shape index (κ3) is 2.18. The standard InChI is InChI=1S/C17H11BrO4/c18-13-6-10(7-15-17(13)22-9-21-15)5-11-8-20-14-4-2-1-3-12(14)16(11)19/h1-7H,8-9H2/b11-5+. The second-order valence-electron chi connectivity index (χ2n) is 5.02. The van der Waals surface area contributed by atoms with Gasteiger partial charge in [0.25, 0.3) is 0 Å². The van der Waals surface area contributed by atoms with Crippen molar-refractivity contribution in [3.8, 4) is 17.2 Å². The monoisotopic (exact) mass is 358 g/mol. The minimum atomic E-state index is -0.00404. The second kappa shape index (κ2) is 5.18. The molecule has 5 heteroatoms. The second-order valence-corrected chi connectivity index (χ2v) is 5.87. The van der Waals surface area contributed by atoms with Crippen LogP contribution in [0.2, 0.25) is 0 Å². The van der Waals surface area contributed by atoms with Crippen LogP contribution >= 0.6 is 15.9 Å². The number of halogens is 1. The molecule has 2 aromatic carbocycles. The van der Waals surface area contributed by atoms with Crippen molar-refractivity contribution < 1.29 is 19.0 Å². The molecular weight excluding hydrogens is 348 g/mol. The Morgan fingerprint density at radius 2 is 1.91 bits per heavy atom. The molecule has 4 rings (SSSR count). The fraction of sp³-hybridized carbons (Fsp3) is 0.118. The van der Waals surface area contributed by atoms with Crippen molar-refractivity contribution in [3.05, 3.63) is 57.6 Å². The van der Waals surface area contributed by atoms with E-state index in [0.29, 0.717) is 28.4 Å². The Hall–Kier alpha value is -2.27. The van der Waals surface area contributed by atoms with Gasteiger partial charge in [-0.25, -0.2) is 0 Å². The molecule has 0 radical (unpaired) electrons. The van der Waals surface area contributed by atoms with Crippen molar-refractivity contribution in [2.45, 2.75) is 0 Å². The zero-order valence-electron chi connectivity index (χ0n) is 11.5. The Labute approximate surface area is 135 Å². The lowest BCUT2D eigenvalue weighted by Gasteiger charge is -2.18. The van der Waals surface area contributed by atoms with Gasteiger partial charge in [0.1, 0.15) is 12.4 Å². The highest BCUT2D eigenvalue weighted by Crippen LogP contribution is 2.40. The molecule has 4 nitrogen and oxygen atoms in total. The Bertz CT molecular complexity index is 810. The highest BCUT2D eigenvalue weighted by Gasteiger charge is 2.23. The van der Waals surface area contributed by atoms with Crippen LogP contribution in [0.5, 0.6) is 17.2 Å². The van der Waals surface area contributed by atoms with Crippen LogP contribution in [0.15, 0.2) is 46.4 Å². The van der Waals surface area contributed by atoms with E-state index in [-0.39, 0.29) is 19.2 Å². The molecule has 0 amide bonds. The summed E-state index contributed by atoms with van der Waals surface area (Å²) in [5.41, 5.74) is 2.08. The number of rotatable bonds is 1. The maximum atomic E-state index is 12.5. The first-order chi connectivity index (χ1) is 10.7. The van der Waals surface area contributed by atoms with Crippen molar-refractivity contribution in [2.24, 2.45) is 0 Å². The van der Waals surface area contributed by atoms with Crippen LogP contribution in [0.3, 0.4) is 0 Å². The van der Waals surface area contributed by atoms with Crippen LogP contribution < -0.4 is 14.2 Å². The van der Waals surface area contributed by atoms with E-state index in [1.807, 2.05) is 30.3 Å². The Morgan fingerprint density at radius 3 is 2.82 bits per heavy atom. The first-order valence-electron chi connectivity index (χ1n) is 6.78. The molecular formula is C17H11BrO4. The van der Waals surface area contributed by atoms with E-state index in [0.717, 1.165) is 10.0 Å². The van der Waals surface area contributed by atoms with Crippen molar-refractivity contribution >= 4 is 27.8 Å². The number of hydrogen-bond acceptors (Lipinski definition) is 4. The molecule has 0 aromatic heterocycles. The number of carbonyl (C=O) groups is 1. The molecule has 0 saturated heterocycles. The number of ether oxygens (including phenoxy) is 3. The van der Waals surface area contributed by atoms with Crippen LogP contribution in [-0.4, -0.2) is 19.2 Å². The van der Waals surface area contributed by atoms with Crippen LogP contribution in [0.4, 0.5) is 0 Å². The molecule has 110 valence electrons. The average Bonchev–Trinajstić information content (AvgIpc) is 2.99. The normalized spacial score (nSPS) is 17.3. The third-order valence-electron chi connectivity index (χ3n) is 3.60. The highest BCUT2D eigenvalue weighted by molar-refractivity contribution is 9.10. The third-order valence-corrected chi connectivity index (χ3v) is 4.19. The number of benzene rings is 2. The van der Waals surface area contributed by atoms with Gasteiger partial charge >= 0.3 is 0 Å². The summed E-state index contributed by atoms with van der Waals surface area (Å²) in [6, 6.07) is 11.0. The molecule has 2 aliphatic heterocycles. The average molecular weight is 359 g/mol. The highest BCUT2D eigenvalue weighted by atomic mass is 79.9. The van der Waals surface area contributed by atoms with E-state index in [1.165, 1.54) is 0 Å². The topological polar surface area (TPSA) is 44.8 Å². The minimum Gasteiger partial charge on any atom is -0.488 e. The van der Waals surface area contributed by atoms with E-state index >= 15 is 0 Å². The SMILES string of the molecule is O=C1/C(=C/c2cc(Br)c3c(c2)OCO3)COc2ccccc21. The van der Waals surface area contributed by atoms with Crippen LogP contribution in [0, 0.1) is 0 Å². The number of hydrogen-bond donors (Lipinski definition) is 0. The summed E-state index contributed by atoms with van der Waals surface area (Å²) < 4.78 is 17.2. The quantitative estimate of drug-likeness (QED) is 0.726. The summed E-state index contributed by atoms with van der Waals surface area (Å²) in [6.07, 6.45) is 1.82. The number of carbonyl (C=O) groups excluding carboxylic acids is 1. The van der Waals surface area contributed by atoms with Gasteiger partial charge in [-0.15, -0.1) is 0 Å². The van der Waals surface area contributed by atoms with Gasteiger partial charge in [0.15, 0.2) is 17.3 Å². The lowest BCUT2D eigenvalue weighted by atomic mass is 9.98. The van der Waals surface area contributed by atoms with Crippen molar-refractivity contribution in [1.29, 1.82) is 0 Å². The predicted octanol–water partition coefficient (Wildman–Crippen LogP) is 3.84. The molecule has 0 bridgehead atoms. The van der Waals surface area contributed by atoms with E-state index in [4.69, 9.17) is 14.2 Å². The summed E-state index contributed by atoms with van der Waals surface area (Å²) in [4.78, 5) is 12.5. The van der Waals surface area contributed by atoms with Crippen molar-refractivity contribution in [1.82, 2.24) is 0 Å². The van der Waals surface area contributed by atoms with Gasteiger partial charge in [0.05, 0.1) is 10.0 Å². The zero-order chi connectivity index (χ0) is 15.1. The predicted molar refractivity (Wildman–Crippen MR) is 84.5 cm³/mol. The fourth-order valence-electron chi connectivity index (χ4n) is 2.55. The molecule has 0 N–H and O–H groups in total. The molecule has 2 aromatic rings. The van der Waals surface area contributed by atoms with Crippen LogP contribution in [0.25, 0.3) is 6.08 Å². The molecule has 0 spiro atoms. The summed E-state index contributed by atoms with van der Waals surface area (Å²) >= 11 is 3.45. The van der Waals surface area contributed by atoms with Crippen molar-refractivity contribution in [2.75, 3.05) is 13.4 Å². The van der Waals surface area contributed by atoms with Gasteiger partial charge < -0.3 is 14.2 Å². The molecule has 0 unspecified atom stereocenters. The largest absolute Gasteiger partial charge is 0.488 e. The van der Waals surface area contributed by atoms with Gasteiger partial charge in [-0.1, -0.05) is 12.1 Å². The zero-order valence-corrected chi connectivity index (χ0v) is 13.1. The molecule has 0 saturated carbocycles. The van der Waals surface area contributed by atoms with Gasteiger partial charge in [-0.2, -0.15) is 0 Å². The van der Waals surface area contributed by atoms with Gasteiger partial charge in [0.2, 0.25) is 6.79 Å². The lowest BCUT2D eigenvalue weighted by Crippen LogP contribution is -2.18. The maximum Gasteiger partial charge on any atom is 0.231 e. The molecule has 2 aliphatic rings. The Kier molecular flexibility index (Phi) is 3.15. The van der Waals surface area contributed by atoms with Crippen LogP contribution in [0.1, 0.15) is 15.9 Å². The molecule has 22 heavy (non-hydrogen) atoms. The minimum absolute atomic E-state index is 0.00404. The summed E-state index contributed by atoms with van der Waals surface area (Å²) in [5.74, 6) is 2.00. The molecule has 0 atom stereocenters.